The Morgan fingerprint density at radius 2 is 2.25 bits per heavy atom. The smallest absolute Gasteiger partial charge is 0.188 e. The van der Waals surface area contributed by atoms with Crippen molar-refractivity contribution >= 4 is 5.82 Å². The van der Waals surface area contributed by atoms with Crippen molar-refractivity contribution in [3.05, 3.63) is 24.7 Å². The number of rotatable bonds is 1. The quantitative estimate of drug-likeness (QED) is 0.668. The molecule has 0 aliphatic carbocycles. The van der Waals surface area contributed by atoms with Gasteiger partial charge in [0.2, 0.25) is 0 Å². The second kappa shape index (κ2) is 2.61. The van der Waals surface area contributed by atoms with E-state index >= 15 is 0 Å². The average Bonchev–Trinajstić information content (AvgIpc) is 2.54. The van der Waals surface area contributed by atoms with Gasteiger partial charge in [-0.15, -0.1) is 0 Å². The van der Waals surface area contributed by atoms with Crippen LogP contribution in [0, 0.1) is 0 Å². The average molecular weight is 162 g/mol. The maximum Gasteiger partial charge on any atom is 0.188 e. The SMILES string of the molecule is Nc1cc(-c2cnccn2)on1. The van der Waals surface area contributed by atoms with E-state index in [1.165, 1.54) is 0 Å². The molecule has 0 aliphatic rings. The van der Waals surface area contributed by atoms with Gasteiger partial charge in [0.25, 0.3) is 0 Å². The normalized spacial score (nSPS) is 10.0. The molecule has 2 rings (SSSR count). The van der Waals surface area contributed by atoms with Gasteiger partial charge in [0, 0.05) is 18.5 Å². The van der Waals surface area contributed by atoms with E-state index in [1.54, 1.807) is 24.7 Å². The van der Waals surface area contributed by atoms with Gasteiger partial charge >= 0.3 is 0 Å². The third-order valence-corrected chi connectivity index (χ3v) is 1.34. The lowest BCUT2D eigenvalue weighted by atomic mass is 10.3. The molecule has 0 atom stereocenters. The number of hydrogen-bond acceptors (Lipinski definition) is 5. The van der Waals surface area contributed by atoms with Crippen molar-refractivity contribution in [1.82, 2.24) is 15.1 Å². The van der Waals surface area contributed by atoms with Crippen LogP contribution in [0.3, 0.4) is 0 Å². The van der Waals surface area contributed by atoms with Gasteiger partial charge in [-0.2, -0.15) is 0 Å². The fourth-order valence-corrected chi connectivity index (χ4v) is 0.836. The van der Waals surface area contributed by atoms with Crippen molar-refractivity contribution in [1.29, 1.82) is 0 Å². The molecule has 2 N–H and O–H groups in total. The maximum absolute atomic E-state index is 5.36. The van der Waals surface area contributed by atoms with Gasteiger partial charge in [-0.3, -0.25) is 4.98 Å². The molecule has 12 heavy (non-hydrogen) atoms. The van der Waals surface area contributed by atoms with Crippen LogP contribution in [0.4, 0.5) is 5.82 Å². The highest BCUT2D eigenvalue weighted by Crippen LogP contribution is 2.16. The van der Waals surface area contributed by atoms with Crippen molar-refractivity contribution in [3.8, 4) is 11.5 Å². The lowest BCUT2D eigenvalue weighted by molar-refractivity contribution is 0.434. The number of hydrogen-bond donors (Lipinski definition) is 1. The van der Waals surface area contributed by atoms with Crippen LogP contribution in [0.15, 0.2) is 29.2 Å². The molecule has 2 heterocycles. The topological polar surface area (TPSA) is 77.8 Å². The van der Waals surface area contributed by atoms with E-state index < -0.39 is 0 Å². The van der Waals surface area contributed by atoms with Crippen molar-refractivity contribution in [2.45, 2.75) is 0 Å². The van der Waals surface area contributed by atoms with Gasteiger partial charge in [-0.05, 0) is 0 Å². The molecule has 0 fully saturated rings. The first-order valence-corrected chi connectivity index (χ1v) is 3.35. The number of nitrogens with zero attached hydrogens (tertiary/aromatic N) is 3. The maximum atomic E-state index is 5.36. The van der Waals surface area contributed by atoms with Crippen LogP contribution in [-0.4, -0.2) is 15.1 Å². The van der Waals surface area contributed by atoms with Crippen molar-refractivity contribution in [2.24, 2.45) is 0 Å². The van der Waals surface area contributed by atoms with Gasteiger partial charge < -0.3 is 10.3 Å². The molecule has 0 radical (unpaired) electrons. The predicted molar refractivity (Wildman–Crippen MR) is 41.9 cm³/mol. The van der Waals surface area contributed by atoms with E-state index in [0.29, 0.717) is 17.3 Å². The highest BCUT2D eigenvalue weighted by molar-refractivity contribution is 5.53. The van der Waals surface area contributed by atoms with Crippen LogP contribution in [0.25, 0.3) is 11.5 Å². The number of aromatic nitrogens is 3. The first kappa shape index (κ1) is 6.78. The first-order chi connectivity index (χ1) is 5.86. The molecule has 60 valence electrons. The Labute approximate surface area is 68.2 Å². The molecule has 0 saturated heterocycles. The standard InChI is InChI=1S/C7H6N4O/c8-7-3-6(12-11-7)5-4-9-1-2-10-5/h1-4H,(H2,8,11). The number of nitrogen functional groups attached to an aromatic ring is 1. The van der Waals surface area contributed by atoms with E-state index in [4.69, 9.17) is 10.3 Å². The molecule has 0 saturated carbocycles. The molecular formula is C7H6N4O. The van der Waals surface area contributed by atoms with Crippen LogP contribution < -0.4 is 5.73 Å². The molecule has 0 bridgehead atoms. The first-order valence-electron chi connectivity index (χ1n) is 3.35. The molecule has 2 aromatic rings. The van der Waals surface area contributed by atoms with Gasteiger partial charge in [0.15, 0.2) is 11.6 Å². The summed E-state index contributed by atoms with van der Waals surface area (Å²) in [5, 5.41) is 3.53. The Kier molecular flexibility index (Phi) is 1.48. The predicted octanol–water partition coefficient (Wildman–Crippen LogP) is 0.714. The van der Waals surface area contributed by atoms with Gasteiger partial charge in [-0.25, -0.2) is 4.98 Å². The van der Waals surface area contributed by atoms with Crippen LogP contribution in [0.2, 0.25) is 0 Å². The minimum Gasteiger partial charge on any atom is -0.381 e. The van der Waals surface area contributed by atoms with Gasteiger partial charge in [0.1, 0.15) is 5.69 Å². The molecule has 5 nitrogen and oxygen atoms in total. The largest absolute Gasteiger partial charge is 0.381 e. The van der Waals surface area contributed by atoms with Gasteiger partial charge in [-0.1, -0.05) is 5.16 Å². The lowest BCUT2D eigenvalue weighted by Gasteiger charge is -1.89. The van der Waals surface area contributed by atoms with Crippen LogP contribution in [-0.2, 0) is 0 Å². The summed E-state index contributed by atoms with van der Waals surface area (Å²) in [6.45, 7) is 0. The van der Waals surface area contributed by atoms with Crippen molar-refractivity contribution in [2.75, 3.05) is 5.73 Å². The Balaban J connectivity index is 2.45. The zero-order valence-electron chi connectivity index (χ0n) is 6.14. The van der Waals surface area contributed by atoms with E-state index in [1.807, 2.05) is 0 Å². The zero-order valence-corrected chi connectivity index (χ0v) is 6.14. The van der Waals surface area contributed by atoms with E-state index in [0.717, 1.165) is 0 Å². The Hall–Kier alpha value is -1.91. The van der Waals surface area contributed by atoms with E-state index in [-0.39, 0.29) is 0 Å². The van der Waals surface area contributed by atoms with E-state index in [2.05, 4.69) is 15.1 Å². The highest BCUT2D eigenvalue weighted by Gasteiger charge is 2.04. The van der Waals surface area contributed by atoms with Crippen LogP contribution in [0.1, 0.15) is 0 Å². The fraction of sp³-hybridized carbons (Fsp3) is 0. The van der Waals surface area contributed by atoms with Gasteiger partial charge in [0.05, 0.1) is 6.20 Å². The third kappa shape index (κ3) is 1.12. The fourth-order valence-electron chi connectivity index (χ4n) is 0.836. The molecule has 2 aromatic heterocycles. The molecule has 0 aliphatic heterocycles. The molecular weight excluding hydrogens is 156 g/mol. The number of anilines is 1. The summed E-state index contributed by atoms with van der Waals surface area (Å²) in [5.74, 6) is 0.872. The second-order valence-electron chi connectivity index (χ2n) is 2.21. The summed E-state index contributed by atoms with van der Waals surface area (Å²) >= 11 is 0. The summed E-state index contributed by atoms with van der Waals surface area (Å²) < 4.78 is 4.87. The summed E-state index contributed by atoms with van der Waals surface area (Å²) in [6, 6.07) is 1.60. The van der Waals surface area contributed by atoms with E-state index in [9.17, 15) is 0 Å². The summed E-state index contributed by atoms with van der Waals surface area (Å²) in [6.07, 6.45) is 4.75. The molecule has 5 heteroatoms. The Morgan fingerprint density at radius 3 is 2.83 bits per heavy atom. The van der Waals surface area contributed by atoms with Crippen LogP contribution in [0.5, 0.6) is 0 Å². The summed E-state index contributed by atoms with van der Waals surface area (Å²) in [5.41, 5.74) is 5.99. The van der Waals surface area contributed by atoms with Crippen molar-refractivity contribution < 1.29 is 4.52 Å². The Bertz CT molecular complexity index is 370. The monoisotopic (exact) mass is 162 g/mol. The van der Waals surface area contributed by atoms with Crippen molar-refractivity contribution in [3.63, 3.8) is 0 Å². The minimum atomic E-state index is 0.343. The Morgan fingerprint density at radius 1 is 1.33 bits per heavy atom. The third-order valence-electron chi connectivity index (χ3n) is 1.34. The molecule has 0 aromatic carbocycles. The lowest BCUT2D eigenvalue weighted by Crippen LogP contribution is -1.81. The molecule has 0 unspecified atom stereocenters. The second-order valence-corrected chi connectivity index (χ2v) is 2.21. The highest BCUT2D eigenvalue weighted by atomic mass is 16.5. The summed E-state index contributed by atoms with van der Waals surface area (Å²) in [4.78, 5) is 7.89. The zero-order chi connectivity index (χ0) is 8.39. The summed E-state index contributed by atoms with van der Waals surface area (Å²) in [7, 11) is 0. The molecule has 0 amide bonds. The molecule has 0 spiro atoms. The number of nitrogens with two attached hydrogens (primary N) is 1. The minimum absolute atomic E-state index is 0.343. The van der Waals surface area contributed by atoms with Crippen LogP contribution >= 0.6 is 0 Å².